The van der Waals surface area contributed by atoms with E-state index >= 15 is 0 Å². The molecule has 206 valence electrons. The van der Waals surface area contributed by atoms with E-state index in [1.165, 1.54) is 23.5 Å². The van der Waals surface area contributed by atoms with Crippen LogP contribution in [-0.4, -0.2) is 40.5 Å². The number of thiazole rings is 1. The molecular formula is C28H26N4O6S2. The summed E-state index contributed by atoms with van der Waals surface area (Å²) < 4.78 is 36.3. The molecule has 2 aromatic heterocycles. The van der Waals surface area contributed by atoms with Gasteiger partial charge in [-0.25, -0.2) is 23.2 Å². The maximum Gasteiger partial charge on any atom is 0.238 e. The molecule has 0 aliphatic heterocycles. The van der Waals surface area contributed by atoms with Crippen molar-refractivity contribution in [3.05, 3.63) is 107 Å². The maximum atomic E-state index is 11.7. The number of aliphatic hydroxyl groups excluding tert-OH is 1. The molecule has 0 saturated carbocycles. The Bertz CT molecular complexity index is 1730. The fourth-order valence-electron chi connectivity index (χ4n) is 4.06. The number of primary sulfonamides is 1. The fraction of sp³-hybridized carbons (Fsp3) is 0.143. The van der Waals surface area contributed by atoms with Crippen molar-refractivity contribution in [3.63, 3.8) is 0 Å². The van der Waals surface area contributed by atoms with Crippen LogP contribution in [0.5, 0.6) is 11.5 Å². The Morgan fingerprint density at radius 2 is 1.75 bits per heavy atom. The van der Waals surface area contributed by atoms with E-state index in [1.807, 2.05) is 54.7 Å². The first kappa shape index (κ1) is 27.5. The summed E-state index contributed by atoms with van der Waals surface area (Å²) in [7, 11) is -2.18. The molecule has 0 fully saturated rings. The van der Waals surface area contributed by atoms with Crippen molar-refractivity contribution < 1.29 is 28.1 Å². The van der Waals surface area contributed by atoms with Gasteiger partial charge in [-0.1, -0.05) is 36.4 Å². The third kappa shape index (κ3) is 6.38. The van der Waals surface area contributed by atoms with Crippen molar-refractivity contribution in [2.24, 2.45) is 5.14 Å². The second kappa shape index (κ2) is 11.6. The summed E-state index contributed by atoms with van der Waals surface area (Å²) in [5, 5.41) is 31.0. The van der Waals surface area contributed by atoms with E-state index in [2.05, 4.69) is 4.98 Å². The molecule has 0 saturated heterocycles. The number of sulfonamides is 1. The Kier molecular flexibility index (Phi) is 7.96. The van der Waals surface area contributed by atoms with Crippen LogP contribution in [0.3, 0.4) is 0 Å². The Hall–Kier alpha value is -4.07. The lowest BCUT2D eigenvalue weighted by Gasteiger charge is -2.09. The zero-order valence-electron chi connectivity index (χ0n) is 21.3. The fourth-order valence-corrected chi connectivity index (χ4v) is 5.33. The van der Waals surface area contributed by atoms with Crippen molar-refractivity contribution in [1.82, 2.24) is 14.8 Å². The predicted octanol–water partition coefficient (Wildman–Crippen LogP) is 3.80. The average Bonchev–Trinajstić information content (AvgIpc) is 3.60. The molecule has 0 radical (unpaired) electrons. The van der Waals surface area contributed by atoms with Crippen molar-refractivity contribution in [2.45, 2.75) is 24.2 Å². The third-order valence-electron chi connectivity index (χ3n) is 6.05. The van der Waals surface area contributed by atoms with Gasteiger partial charge in [-0.05, 0) is 47.5 Å². The highest BCUT2D eigenvalue weighted by atomic mass is 32.2. The summed E-state index contributed by atoms with van der Waals surface area (Å²) >= 11 is 1.22. The standard InChI is InChI=1S/C28H26N4O6S2/c1-37-22-6-2-4-19(13-22)16-38-23-7-3-5-20(14-23)26-21(12-18-8-10-24(11-9-18)40(29,35)36)15-32(31-26)28-30-25(17-39-28)27(33)34/h2-11,13-15,17,27,33-34H,12,16H2,1H3,(H2,29,35,36). The van der Waals surface area contributed by atoms with E-state index in [0.717, 1.165) is 28.0 Å². The number of aliphatic hydroxyl groups is 2. The molecule has 0 aliphatic rings. The summed E-state index contributed by atoms with van der Waals surface area (Å²) in [6.45, 7) is 0.351. The van der Waals surface area contributed by atoms with Crippen LogP contribution in [0.25, 0.3) is 16.4 Å². The van der Waals surface area contributed by atoms with Gasteiger partial charge < -0.3 is 19.7 Å². The lowest BCUT2D eigenvalue weighted by Crippen LogP contribution is -2.11. The van der Waals surface area contributed by atoms with Gasteiger partial charge in [0.1, 0.15) is 23.8 Å². The zero-order chi connectivity index (χ0) is 28.3. The number of ether oxygens (including phenoxy) is 2. The molecule has 10 nitrogen and oxygen atoms in total. The molecule has 40 heavy (non-hydrogen) atoms. The molecule has 0 amide bonds. The van der Waals surface area contributed by atoms with Gasteiger partial charge in [0, 0.05) is 29.1 Å². The van der Waals surface area contributed by atoms with Crippen LogP contribution in [-0.2, 0) is 23.1 Å². The van der Waals surface area contributed by atoms with E-state index in [0.29, 0.717) is 29.6 Å². The summed E-state index contributed by atoms with van der Waals surface area (Å²) in [5.74, 6) is 1.40. The molecule has 3 aromatic carbocycles. The Morgan fingerprint density at radius 3 is 2.45 bits per heavy atom. The first-order chi connectivity index (χ1) is 19.2. The van der Waals surface area contributed by atoms with Gasteiger partial charge in [0.25, 0.3) is 0 Å². The smallest absolute Gasteiger partial charge is 0.238 e. The van der Waals surface area contributed by atoms with Crippen LogP contribution < -0.4 is 14.6 Å². The molecule has 0 atom stereocenters. The van der Waals surface area contributed by atoms with Gasteiger partial charge in [0.2, 0.25) is 15.2 Å². The van der Waals surface area contributed by atoms with Gasteiger partial charge in [-0.15, -0.1) is 11.3 Å². The normalized spacial score (nSPS) is 11.6. The highest BCUT2D eigenvalue weighted by Crippen LogP contribution is 2.30. The first-order valence-corrected chi connectivity index (χ1v) is 14.5. The van der Waals surface area contributed by atoms with Crippen LogP contribution in [0.15, 0.2) is 89.3 Å². The molecule has 0 aliphatic carbocycles. The molecule has 12 heteroatoms. The van der Waals surface area contributed by atoms with Crippen LogP contribution in [0.2, 0.25) is 0 Å². The van der Waals surface area contributed by atoms with E-state index in [1.54, 1.807) is 29.3 Å². The monoisotopic (exact) mass is 578 g/mol. The number of benzene rings is 3. The number of hydrogen-bond acceptors (Lipinski definition) is 9. The molecule has 0 unspecified atom stereocenters. The number of nitrogens with zero attached hydrogens (tertiary/aromatic N) is 3. The lowest BCUT2D eigenvalue weighted by atomic mass is 10.0. The van der Waals surface area contributed by atoms with E-state index in [-0.39, 0.29) is 10.6 Å². The van der Waals surface area contributed by atoms with Crippen LogP contribution in [0.1, 0.15) is 28.7 Å². The number of nitrogens with two attached hydrogens (primary N) is 1. The molecule has 5 rings (SSSR count). The highest BCUT2D eigenvalue weighted by molar-refractivity contribution is 7.89. The Labute approximate surface area is 235 Å². The summed E-state index contributed by atoms with van der Waals surface area (Å²) in [6, 6.07) is 21.6. The molecule has 2 heterocycles. The quantitative estimate of drug-likeness (QED) is 0.212. The van der Waals surface area contributed by atoms with Crippen molar-refractivity contribution >= 4 is 21.4 Å². The van der Waals surface area contributed by atoms with Gasteiger partial charge in [-0.2, -0.15) is 5.10 Å². The van der Waals surface area contributed by atoms with Crippen LogP contribution in [0, 0.1) is 0 Å². The van der Waals surface area contributed by atoms with Gasteiger partial charge in [0.15, 0.2) is 6.29 Å². The largest absolute Gasteiger partial charge is 0.497 e. The summed E-state index contributed by atoms with van der Waals surface area (Å²) in [6.07, 6.45) is 0.574. The van der Waals surface area contributed by atoms with Crippen LogP contribution in [0.4, 0.5) is 0 Å². The second-order valence-corrected chi connectivity index (χ2v) is 11.3. The second-order valence-electron chi connectivity index (χ2n) is 8.91. The SMILES string of the molecule is COc1cccc(COc2cccc(-c3nn(-c4nc(C(O)O)cs4)cc3Cc3ccc(S(N)(=O)=O)cc3)c2)c1. The van der Waals surface area contributed by atoms with E-state index in [4.69, 9.17) is 19.7 Å². The van der Waals surface area contributed by atoms with E-state index in [9.17, 15) is 18.6 Å². The maximum absolute atomic E-state index is 11.7. The minimum Gasteiger partial charge on any atom is -0.497 e. The van der Waals surface area contributed by atoms with Crippen molar-refractivity contribution in [3.8, 4) is 27.9 Å². The average molecular weight is 579 g/mol. The van der Waals surface area contributed by atoms with Crippen molar-refractivity contribution in [2.75, 3.05) is 7.11 Å². The minimum atomic E-state index is -3.80. The van der Waals surface area contributed by atoms with Crippen LogP contribution >= 0.6 is 11.3 Å². The minimum absolute atomic E-state index is 0.0333. The van der Waals surface area contributed by atoms with Gasteiger partial charge in [-0.3, -0.25) is 0 Å². The predicted molar refractivity (Wildman–Crippen MR) is 150 cm³/mol. The summed E-state index contributed by atoms with van der Waals surface area (Å²) in [5.41, 5.74) is 4.26. The summed E-state index contributed by atoms with van der Waals surface area (Å²) in [4.78, 5) is 4.31. The highest BCUT2D eigenvalue weighted by Gasteiger charge is 2.17. The number of hydrogen-bond donors (Lipinski definition) is 3. The molecule has 5 aromatic rings. The molecular weight excluding hydrogens is 552 g/mol. The first-order valence-electron chi connectivity index (χ1n) is 12.1. The Balaban J connectivity index is 1.47. The number of aromatic nitrogens is 3. The topological polar surface area (TPSA) is 150 Å². The van der Waals surface area contributed by atoms with Gasteiger partial charge in [0.05, 0.1) is 17.7 Å². The molecule has 4 N–H and O–H groups in total. The number of rotatable bonds is 10. The Morgan fingerprint density at radius 1 is 1.00 bits per heavy atom. The van der Waals surface area contributed by atoms with E-state index < -0.39 is 16.3 Å². The number of methoxy groups -OCH3 is 1. The zero-order valence-corrected chi connectivity index (χ0v) is 23.0. The lowest BCUT2D eigenvalue weighted by molar-refractivity contribution is -0.0454. The molecule has 0 spiro atoms. The van der Waals surface area contributed by atoms with Crippen molar-refractivity contribution in [1.29, 1.82) is 0 Å². The third-order valence-corrected chi connectivity index (χ3v) is 7.83. The van der Waals surface area contributed by atoms with Gasteiger partial charge >= 0.3 is 0 Å². The molecule has 0 bridgehead atoms.